The lowest BCUT2D eigenvalue weighted by Gasteiger charge is -2.04. The Bertz CT molecular complexity index is 1150. The number of fused-ring (bicyclic) bond motifs is 1. The molecule has 0 atom stereocenters. The van der Waals surface area contributed by atoms with Gasteiger partial charge in [0.15, 0.2) is 16.2 Å². The van der Waals surface area contributed by atoms with E-state index in [0.29, 0.717) is 32.9 Å². The van der Waals surface area contributed by atoms with Crippen LogP contribution in [0.1, 0.15) is 16.1 Å². The van der Waals surface area contributed by atoms with E-state index in [0.717, 1.165) is 5.69 Å². The maximum absolute atomic E-state index is 12.9. The summed E-state index contributed by atoms with van der Waals surface area (Å²) >= 11 is 1.41. The maximum Gasteiger partial charge on any atom is 0.280 e. The van der Waals surface area contributed by atoms with Crippen molar-refractivity contribution in [1.29, 1.82) is 0 Å². The zero-order valence-corrected chi connectivity index (χ0v) is 14.7. The normalized spacial score (nSPS) is 12.2. The van der Waals surface area contributed by atoms with E-state index in [-0.39, 0.29) is 5.91 Å². The summed E-state index contributed by atoms with van der Waals surface area (Å²) in [6.45, 7) is 1.86. The minimum Gasteiger partial charge on any atom is -0.463 e. The summed E-state index contributed by atoms with van der Waals surface area (Å²) in [5.41, 5.74) is 2.41. The largest absolute Gasteiger partial charge is 0.463 e. The maximum atomic E-state index is 12.9. The fraction of sp³-hybridized carbons (Fsp3) is 0.176. The summed E-state index contributed by atoms with van der Waals surface area (Å²) in [7, 11) is 3.66. The predicted octanol–water partition coefficient (Wildman–Crippen LogP) is 2.68. The van der Waals surface area contributed by atoms with Gasteiger partial charge in [0.2, 0.25) is 0 Å². The van der Waals surface area contributed by atoms with E-state index < -0.39 is 0 Å². The van der Waals surface area contributed by atoms with Gasteiger partial charge in [-0.05, 0) is 25.1 Å². The number of hydrogen-bond donors (Lipinski definition) is 0. The van der Waals surface area contributed by atoms with Crippen molar-refractivity contribution in [3.8, 4) is 11.5 Å². The third-order valence-corrected chi connectivity index (χ3v) is 4.78. The Balaban J connectivity index is 1.98. The van der Waals surface area contributed by atoms with E-state index >= 15 is 0 Å². The second-order valence-corrected chi connectivity index (χ2v) is 6.53. The van der Waals surface area contributed by atoms with Gasteiger partial charge in [-0.25, -0.2) is 4.98 Å². The van der Waals surface area contributed by atoms with Crippen LogP contribution in [0, 0.1) is 6.92 Å². The molecule has 8 heteroatoms. The van der Waals surface area contributed by atoms with Gasteiger partial charge in [-0.3, -0.25) is 9.48 Å². The first-order chi connectivity index (χ1) is 12.0. The van der Waals surface area contributed by atoms with Crippen molar-refractivity contribution in [2.45, 2.75) is 6.92 Å². The summed E-state index contributed by atoms with van der Waals surface area (Å²) in [4.78, 5) is 22.4. The summed E-state index contributed by atoms with van der Waals surface area (Å²) in [5.74, 6) is 0.269. The molecule has 0 radical (unpaired) electrons. The molecule has 0 fully saturated rings. The molecule has 7 nitrogen and oxygen atoms in total. The van der Waals surface area contributed by atoms with E-state index in [1.165, 1.54) is 11.3 Å². The minimum atomic E-state index is -0.325. The molecule has 25 heavy (non-hydrogen) atoms. The first-order valence-corrected chi connectivity index (χ1v) is 8.50. The number of nitrogens with zero attached hydrogens (tertiary/aromatic N) is 5. The number of rotatable bonds is 2. The summed E-state index contributed by atoms with van der Waals surface area (Å²) in [6.07, 6.45) is 3.44. The molecule has 0 saturated carbocycles. The Morgan fingerprint density at radius 1 is 1.36 bits per heavy atom. The van der Waals surface area contributed by atoms with Crippen LogP contribution in [-0.2, 0) is 14.1 Å². The number of pyridine rings is 1. The van der Waals surface area contributed by atoms with Crippen LogP contribution in [0.4, 0.5) is 0 Å². The molecule has 4 aromatic heterocycles. The Kier molecular flexibility index (Phi) is 3.61. The molecule has 126 valence electrons. The molecule has 4 heterocycles. The number of amides is 1. The molecule has 0 bridgehead atoms. The van der Waals surface area contributed by atoms with Crippen molar-refractivity contribution < 1.29 is 9.21 Å². The van der Waals surface area contributed by atoms with Crippen molar-refractivity contribution in [3.63, 3.8) is 0 Å². The second kappa shape index (κ2) is 5.82. The van der Waals surface area contributed by atoms with E-state index in [2.05, 4.69) is 15.1 Å². The zero-order valence-electron chi connectivity index (χ0n) is 13.9. The third kappa shape index (κ3) is 2.60. The fourth-order valence-electron chi connectivity index (χ4n) is 2.75. The molecule has 4 rings (SSSR count). The predicted molar refractivity (Wildman–Crippen MR) is 94.1 cm³/mol. The molecule has 1 amide bonds. The summed E-state index contributed by atoms with van der Waals surface area (Å²) in [6, 6.07) is 5.31. The average Bonchev–Trinajstić information content (AvgIpc) is 3.30. The molecule has 4 aromatic rings. The number of carbonyl (C=O) groups excluding carboxylic acids is 1. The van der Waals surface area contributed by atoms with Gasteiger partial charge in [0.1, 0.15) is 5.69 Å². The van der Waals surface area contributed by atoms with E-state index in [4.69, 9.17) is 4.42 Å². The quantitative estimate of drug-likeness (QED) is 0.555. The third-order valence-electron chi connectivity index (χ3n) is 3.93. The summed E-state index contributed by atoms with van der Waals surface area (Å²) in [5, 5.41) is 7.00. The van der Waals surface area contributed by atoms with Crippen LogP contribution < -0.4 is 4.80 Å². The van der Waals surface area contributed by atoms with Crippen molar-refractivity contribution in [2.75, 3.05) is 0 Å². The highest BCUT2D eigenvalue weighted by Crippen LogP contribution is 2.27. The molecule has 0 unspecified atom stereocenters. The number of aryl methyl sites for hydroxylation is 3. The highest BCUT2D eigenvalue weighted by atomic mass is 32.1. The highest BCUT2D eigenvalue weighted by Gasteiger charge is 2.19. The number of carbonyl (C=O) groups is 1. The van der Waals surface area contributed by atoms with Gasteiger partial charge in [-0.1, -0.05) is 0 Å². The number of aromatic nitrogens is 4. The van der Waals surface area contributed by atoms with E-state index in [1.54, 1.807) is 30.1 Å². The Hall–Kier alpha value is -3.00. The van der Waals surface area contributed by atoms with Crippen molar-refractivity contribution in [1.82, 2.24) is 19.3 Å². The van der Waals surface area contributed by atoms with Crippen molar-refractivity contribution in [3.05, 3.63) is 52.1 Å². The first-order valence-electron chi connectivity index (χ1n) is 7.62. The van der Waals surface area contributed by atoms with E-state index in [9.17, 15) is 4.79 Å². The van der Waals surface area contributed by atoms with Crippen LogP contribution in [-0.4, -0.2) is 25.2 Å². The lowest BCUT2D eigenvalue weighted by molar-refractivity contribution is 0.0999. The van der Waals surface area contributed by atoms with Crippen molar-refractivity contribution in [2.24, 2.45) is 19.1 Å². The Morgan fingerprint density at radius 3 is 2.88 bits per heavy atom. The molecule has 0 aliphatic carbocycles. The van der Waals surface area contributed by atoms with E-state index in [1.807, 2.05) is 36.2 Å². The van der Waals surface area contributed by atoms with Crippen LogP contribution >= 0.6 is 11.3 Å². The van der Waals surface area contributed by atoms with Gasteiger partial charge in [0.25, 0.3) is 5.91 Å². The molecular weight excluding hydrogens is 338 g/mol. The van der Waals surface area contributed by atoms with Gasteiger partial charge in [0, 0.05) is 25.7 Å². The molecule has 0 aliphatic rings. The molecular formula is C17H15N5O2S. The number of hydrogen-bond acceptors (Lipinski definition) is 5. The molecule has 0 spiro atoms. The lowest BCUT2D eigenvalue weighted by atomic mass is 10.1. The average molecular weight is 353 g/mol. The monoisotopic (exact) mass is 353 g/mol. The minimum absolute atomic E-state index is 0.325. The lowest BCUT2D eigenvalue weighted by Crippen LogP contribution is -2.13. The van der Waals surface area contributed by atoms with Gasteiger partial charge < -0.3 is 8.98 Å². The number of furan rings is 1. The smallest absolute Gasteiger partial charge is 0.280 e. The summed E-state index contributed by atoms with van der Waals surface area (Å²) < 4.78 is 8.91. The van der Waals surface area contributed by atoms with Gasteiger partial charge in [-0.15, -0.1) is 11.3 Å². The van der Waals surface area contributed by atoms with Crippen molar-refractivity contribution >= 4 is 28.3 Å². The van der Waals surface area contributed by atoms with Crippen LogP contribution in [0.2, 0.25) is 0 Å². The van der Waals surface area contributed by atoms with Crippen LogP contribution in [0.3, 0.4) is 0 Å². The van der Waals surface area contributed by atoms with Gasteiger partial charge >= 0.3 is 0 Å². The Morgan fingerprint density at radius 2 is 2.20 bits per heavy atom. The molecule has 0 saturated heterocycles. The molecule has 0 aromatic carbocycles. The number of thiazole rings is 1. The topological polar surface area (TPSA) is 78.2 Å². The second-order valence-electron chi connectivity index (χ2n) is 5.65. The molecule has 0 aliphatic heterocycles. The standard InChI is InChI=1S/C17H15N5O2S/c1-10-14-11(16(23)19-17-21(2)6-8-25-17)9-12(13-5-4-7-24-13)18-15(14)22(3)20-10/h4-9H,1-3H3. The first kappa shape index (κ1) is 15.5. The van der Waals surface area contributed by atoms with Crippen LogP contribution in [0.25, 0.3) is 22.5 Å². The van der Waals surface area contributed by atoms with Gasteiger partial charge in [0.05, 0.1) is 22.9 Å². The van der Waals surface area contributed by atoms with Crippen LogP contribution in [0.15, 0.2) is 45.4 Å². The zero-order chi connectivity index (χ0) is 17.6. The van der Waals surface area contributed by atoms with Gasteiger partial charge in [-0.2, -0.15) is 10.1 Å². The Labute approximate surface area is 146 Å². The highest BCUT2D eigenvalue weighted by molar-refractivity contribution is 7.07. The fourth-order valence-corrected chi connectivity index (χ4v) is 3.47. The van der Waals surface area contributed by atoms with Crippen LogP contribution in [0.5, 0.6) is 0 Å². The SMILES string of the molecule is Cc1nn(C)c2nc(-c3ccco3)cc(C(=O)N=c3sccn3C)c12. The molecule has 0 N–H and O–H groups in total.